The number of aromatic nitrogens is 3. The molecule has 1 saturated heterocycles. The maximum atomic E-state index is 15.0. The van der Waals surface area contributed by atoms with Crippen LogP contribution in [0.1, 0.15) is 17.5 Å². The number of halogens is 2. The van der Waals surface area contributed by atoms with Crippen molar-refractivity contribution in [2.24, 2.45) is 0 Å². The number of aliphatic hydroxyl groups is 1. The first kappa shape index (κ1) is 19.9. The van der Waals surface area contributed by atoms with Crippen molar-refractivity contribution in [2.45, 2.75) is 24.7 Å². The van der Waals surface area contributed by atoms with Crippen LogP contribution in [0.15, 0.2) is 24.8 Å². The summed E-state index contributed by atoms with van der Waals surface area (Å²) in [6.45, 7) is 0.0685. The van der Waals surface area contributed by atoms with Crippen LogP contribution in [0.5, 0.6) is 5.75 Å². The maximum Gasteiger partial charge on any atom is 0.258 e. The number of hydrogen-bond donors (Lipinski definition) is 1. The molecule has 2 aromatic heterocycles. The van der Waals surface area contributed by atoms with E-state index in [-0.39, 0.29) is 50.7 Å². The van der Waals surface area contributed by atoms with Gasteiger partial charge in [-0.05, 0) is 0 Å². The van der Waals surface area contributed by atoms with Gasteiger partial charge in [-0.1, -0.05) is 0 Å². The van der Waals surface area contributed by atoms with E-state index in [0.717, 1.165) is 12.4 Å². The van der Waals surface area contributed by atoms with Gasteiger partial charge in [0.05, 0.1) is 32.0 Å². The molecular weight excluding hydrogens is 398 g/mol. The van der Waals surface area contributed by atoms with Crippen molar-refractivity contribution < 1.29 is 23.4 Å². The Labute approximate surface area is 170 Å². The number of ether oxygens (including phenoxy) is 1. The number of carbonyl (C=O) groups is 1. The molecule has 2 aliphatic heterocycles. The molecule has 0 aromatic carbocycles. The van der Waals surface area contributed by atoms with Gasteiger partial charge in [0.1, 0.15) is 24.0 Å². The van der Waals surface area contributed by atoms with Gasteiger partial charge in [-0.25, -0.2) is 18.7 Å². The molecule has 1 fully saturated rings. The predicted molar refractivity (Wildman–Crippen MR) is 98.5 cm³/mol. The molecule has 2 atom stereocenters. The van der Waals surface area contributed by atoms with Crippen LogP contribution in [0.3, 0.4) is 0 Å². The molecule has 0 saturated carbocycles. The Hall–Kier alpha value is -3.39. The molecule has 2 aliphatic rings. The van der Waals surface area contributed by atoms with Gasteiger partial charge < -0.3 is 19.6 Å². The molecule has 9 nitrogen and oxygen atoms in total. The lowest BCUT2D eigenvalue weighted by Crippen LogP contribution is -2.62. The fourth-order valence-corrected chi connectivity index (χ4v) is 3.63. The SMILES string of the molecule is N#Cc1cncc2c1OCCN(C(=O)C1(O)CCN(c3ncc(F)cn3)CC1F)C2. The zero-order chi connectivity index (χ0) is 21.3. The van der Waals surface area contributed by atoms with E-state index in [1.54, 1.807) is 0 Å². The number of alkyl halides is 1. The minimum atomic E-state index is -2.22. The summed E-state index contributed by atoms with van der Waals surface area (Å²) in [4.78, 5) is 27.5. The second-order valence-corrected chi connectivity index (χ2v) is 7.15. The van der Waals surface area contributed by atoms with Crippen LogP contribution in [0.4, 0.5) is 14.7 Å². The van der Waals surface area contributed by atoms with Crippen LogP contribution in [0, 0.1) is 17.1 Å². The molecule has 0 radical (unpaired) electrons. The minimum Gasteiger partial charge on any atom is -0.490 e. The molecule has 2 aromatic rings. The predicted octanol–water partition coefficient (Wildman–Crippen LogP) is 0.583. The quantitative estimate of drug-likeness (QED) is 0.756. The van der Waals surface area contributed by atoms with E-state index in [4.69, 9.17) is 4.74 Å². The molecule has 156 valence electrons. The van der Waals surface area contributed by atoms with Crippen molar-refractivity contribution in [1.82, 2.24) is 19.9 Å². The van der Waals surface area contributed by atoms with Gasteiger partial charge >= 0.3 is 0 Å². The molecule has 1 N–H and O–H groups in total. The number of nitriles is 1. The normalized spacial score (nSPS) is 23.7. The average Bonchev–Trinajstić information content (AvgIpc) is 2.98. The Morgan fingerprint density at radius 3 is 2.77 bits per heavy atom. The second-order valence-electron chi connectivity index (χ2n) is 7.15. The zero-order valence-corrected chi connectivity index (χ0v) is 15.8. The Kier molecular flexibility index (Phi) is 5.17. The highest BCUT2D eigenvalue weighted by Crippen LogP contribution is 2.32. The lowest BCUT2D eigenvalue weighted by atomic mass is 9.88. The molecule has 11 heteroatoms. The second kappa shape index (κ2) is 7.79. The third-order valence-electron chi connectivity index (χ3n) is 5.27. The summed E-state index contributed by atoms with van der Waals surface area (Å²) in [5.41, 5.74) is -1.46. The van der Waals surface area contributed by atoms with Crippen molar-refractivity contribution in [3.8, 4) is 11.8 Å². The van der Waals surface area contributed by atoms with E-state index < -0.39 is 23.5 Å². The molecule has 0 bridgehead atoms. The number of hydrogen-bond acceptors (Lipinski definition) is 8. The molecule has 2 unspecified atom stereocenters. The lowest BCUT2D eigenvalue weighted by molar-refractivity contribution is -0.161. The smallest absolute Gasteiger partial charge is 0.258 e. The Morgan fingerprint density at radius 1 is 1.30 bits per heavy atom. The first-order valence-electron chi connectivity index (χ1n) is 9.30. The lowest BCUT2D eigenvalue weighted by Gasteiger charge is -2.41. The monoisotopic (exact) mass is 416 g/mol. The number of nitrogens with zero attached hydrogens (tertiary/aromatic N) is 6. The van der Waals surface area contributed by atoms with Crippen molar-refractivity contribution in [3.63, 3.8) is 0 Å². The van der Waals surface area contributed by atoms with Crippen LogP contribution in [0.2, 0.25) is 0 Å². The van der Waals surface area contributed by atoms with E-state index >= 15 is 4.39 Å². The highest BCUT2D eigenvalue weighted by Gasteiger charge is 2.50. The number of rotatable bonds is 2. The molecular formula is C19H18F2N6O3. The number of anilines is 1. The third kappa shape index (κ3) is 3.50. The van der Waals surface area contributed by atoms with Gasteiger partial charge in [-0.15, -0.1) is 0 Å². The van der Waals surface area contributed by atoms with Crippen molar-refractivity contribution in [2.75, 3.05) is 31.1 Å². The molecule has 0 aliphatic carbocycles. The summed E-state index contributed by atoms with van der Waals surface area (Å²) in [7, 11) is 0. The Balaban J connectivity index is 1.51. The number of fused-ring (bicyclic) bond motifs is 1. The molecule has 4 rings (SSSR count). The van der Waals surface area contributed by atoms with Gasteiger partial charge in [0, 0.05) is 30.9 Å². The minimum absolute atomic E-state index is 0.0382. The zero-order valence-electron chi connectivity index (χ0n) is 15.8. The highest BCUT2D eigenvalue weighted by molar-refractivity contribution is 5.86. The highest BCUT2D eigenvalue weighted by atomic mass is 19.1. The standard InChI is InChI=1S/C19H18F2N6O3/c20-14-8-24-18(25-9-14)27-2-1-19(29,15(21)11-27)17(28)26-3-4-30-16-12(5-22)6-23-7-13(16)10-26/h6-9,15,29H,1-4,10-11H2. The van der Waals surface area contributed by atoms with Gasteiger partial charge in [0.15, 0.2) is 17.6 Å². The fourth-order valence-electron chi connectivity index (χ4n) is 3.63. The van der Waals surface area contributed by atoms with Crippen molar-refractivity contribution in [3.05, 3.63) is 41.7 Å². The molecule has 30 heavy (non-hydrogen) atoms. The fraction of sp³-hybridized carbons (Fsp3) is 0.421. The van der Waals surface area contributed by atoms with Crippen LogP contribution in [0.25, 0.3) is 0 Å². The molecule has 4 heterocycles. The van der Waals surface area contributed by atoms with E-state index in [1.165, 1.54) is 22.2 Å². The summed E-state index contributed by atoms with van der Waals surface area (Å²) in [5, 5.41) is 20.1. The van der Waals surface area contributed by atoms with Crippen LogP contribution in [-0.2, 0) is 11.3 Å². The maximum absolute atomic E-state index is 15.0. The Morgan fingerprint density at radius 2 is 2.07 bits per heavy atom. The number of pyridine rings is 1. The number of piperidine rings is 1. The molecule has 0 spiro atoms. The summed E-state index contributed by atoms with van der Waals surface area (Å²) >= 11 is 0. The number of carbonyl (C=O) groups excluding carboxylic acids is 1. The van der Waals surface area contributed by atoms with Gasteiger partial charge in [-0.3, -0.25) is 9.78 Å². The van der Waals surface area contributed by atoms with E-state index in [0.29, 0.717) is 11.3 Å². The summed E-state index contributed by atoms with van der Waals surface area (Å²) in [5.74, 6) is -0.902. The molecule has 1 amide bonds. The summed E-state index contributed by atoms with van der Waals surface area (Å²) < 4.78 is 33.6. The van der Waals surface area contributed by atoms with Crippen LogP contribution in [-0.4, -0.2) is 68.9 Å². The summed E-state index contributed by atoms with van der Waals surface area (Å²) in [6.07, 6.45) is 2.70. The first-order chi connectivity index (χ1) is 14.4. The van der Waals surface area contributed by atoms with Crippen LogP contribution >= 0.6 is 0 Å². The Bertz CT molecular complexity index is 999. The van der Waals surface area contributed by atoms with Crippen LogP contribution < -0.4 is 9.64 Å². The van der Waals surface area contributed by atoms with Crippen molar-refractivity contribution >= 4 is 11.9 Å². The van der Waals surface area contributed by atoms with Gasteiger partial charge in [0.2, 0.25) is 5.95 Å². The van der Waals surface area contributed by atoms with E-state index in [1.807, 2.05) is 6.07 Å². The summed E-state index contributed by atoms with van der Waals surface area (Å²) in [6, 6.07) is 1.99. The topological polar surface area (TPSA) is 115 Å². The van der Waals surface area contributed by atoms with Gasteiger partial charge in [0.25, 0.3) is 5.91 Å². The third-order valence-corrected chi connectivity index (χ3v) is 5.27. The van der Waals surface area contributed by atoms with Gasteiger partial charge in [-0.2, -0.15) is 5.26 Å². The number of amides is 1. The average molecular weight is 416 g/mol. The first-order valence-corrected chi connectivity index (χ1v) is 9.30. The van der Waals surface area contributed by atoms with E-state index in [2.05, 4.69) is 15.0 Å². The van der Waals surface area contributed by atoms with E-state index in [9.17, 15) is 19.6 Å². The largest absolute Gasteiger partial charge is 0.490 e. The van der Waals surface area contributed by atoms with Crippen molar-refractivity contribution in [1.29, 1.82) is 5.26 Å².